The van der Waals surface area contributed by atoms with Gasteiger partial charge in [-0.1, -0.05) is 23.7 Å². The first-order valence-corrected chi connectivity index (χ1v) is 9.29. The van der Waals surface area contributed by atoms with E-state index in [1.165, 1.54) is 25.3 Å². The third-order valence-electron chi connectivity index (χ3n) is 3.34. The average molecular weight is 384 g/mol. The van der Waals surface area contributed by atoms with Gasteiger partial charge in [0.1, 0.15) is 12.3 Å². The zero-order valence-electron chi connectivity index (χ0n) is 13.8. The summed E-state index contributed by atoms with van der Waals surface area (Å²) in [6.07, 6.45) is 0. The number of carbonyl (C=O) groups is 1. The molecule has 0 saturated carbocycles. The number of sulfonamides is 1. The van der Waals surface area contributed by atoms with Gasteiger partial charge in [0, 0.05) is 0 Å². The molecular weight excluding hydrogens is 366 g/mol. The van der Waals surface area contributed by atoms with Crippen LogP contribution in [0.2, 0.25) is 5.02 Å². The number of para-hydroxylation sites is 1. The van der Waals surface area contributed by atoms with Crippen LogP contribution in [0.4, 0.5) is 5.69 Å². The second-order valence-electron chi connectivity index (χ2n) is 4.94. The van der Waals surface area contributed by atoms with Crippen LogP contribution in [-0.2, 0) is 19.6 Å². The number of esters is 1. The Balaban J connectivity index is 2.47. The van der Waals surface area contributed by atoms with Crippen molar-refractivity contribution >= 4 is 33.3 Å². The maximum absolute atomic E-state index is 13.0. The van der Waals surface area contributed by atoms with Crippen molar-refractivity contribution in [1.29, 1.82) is 0 Å². The Morgan fingerprint density at radius 2 is 1.76 bits per heavy atom. The van der Waals surface area contributed by atoms with Gasteiger partial charge in [-0.05, 0) is 43.3 Å². The van der Waals surface area contributed by atoms with E-state index >= 15 is 0 Å². The lowest BCUT2D eigenvalue weighted by atomic mass is 10.3. The van der Waals surface area contributed by atoms with Crippen molar-refractivity contribution in [3.63, 3.8) is 0 Å². The Labute approximate surface area is 152 Å². The Morgan fingerprint density at radius 3 is 2.32 bits per heavy atom. The predicted octanol–water partition coefficient (Wildman–Crippen LogP) is 3.11. The molecule has 134 valence electrons. The monoisotopic (exact) mass is 383 g/mol. The molecule has 0 aliphatic heterocycles. The topological polar surface area (TPSA) is 72.9 Å². The largest absolute Gasteiger partial charge is 0.494 e. The lowest BCUT2D eigenvalue weighted by molar-refractivity contribution is -0.138. The molecule has 0 aromatic heterocycles. The minimum absolute atomic E-state index is 0.0137. The van der Waals surface area contributed by atoms with E-state index in [1.54, 1.807) is 30.3 Å². The maximum Gasteiger partial charge on any atom is 0.326 e. The van der Waals surface area contributed by atoms with E-state index < -0.39 is 22.5 Å². The summed E-state index contributed by atoms with van der Waals surface area (Å²) < 4.78 is 36.9. The van der Waals surface area contributed by atoms with Gasteiger partial charge in [0.15, 0.2) is 0 Å². The van der Waals surface area contributed by atoms with Gasteiger partial charge in [-0.25, -0.2) is 8.42 Å². The third kappa shape index (κ3) is 4.43. The molecule has 0 amide bonds. The van der Waals surface area contributed by atoms with Gasteiger partial charge < -0.3 is 9.47 Å². The molecule has 25 heavy (non-hydrogen) atoms. The van der Waals surface area contributed by atoms with Gasteiger partial charge in [0.05, 0.1) is 29.3 Å². The first-order chi connectivity index (χ1) is 11.9. The van der Waals surface area contributed by atoms with Gasteiger partial charge in [-0.15, -0.1) is 0 Å². The Morgan fingerprint density at radius 1 is 1.12 bits per heavy atom. The van der Waals surface area contributed by atoms with E-state index in [0.717, 1.165) is 4.31 Å². The Kier molecular flexibility index (Phi) is 6.27. The highest BCUT2D eigenvalue weighted by molar-refractivity contribution is 7.92. The lowest BCUT2D eigenvalue weighted by Crippen LogP contribution is -2.36. The number of hydrogen-bond donors (Lipinski definition) is 0. The molecule has 8 heteroatoms. The Bertz CT molecular complexity index is 836. The second-order valence-corrected chi connectivity index (χ2v) is 7.21. The molecule has 0 spiro atoms. The number of methoxy groups -OCH3 is 1. The molecule has 0 fully saturated rings. The van der Waals surface area contributed by atoms with Gasteiger partial charge in [0.2, 0.25) is 0 Å². The van der Waals surface area contributed by atoms with Gasteiger partial charge in [0.25, 0.3) is 10.0 Å². The number of carbonyl (C=O) groups excluding carboxylic acids is 1. The second kappa shape index (κ2) is 8.22. The average Bonchev–Trinajstić information content (AvgIpc) is 2.61. The first-order valence-electron chi connectivity index (χ1n) is 7.47. The molecule has 0 N–H and O–H groups in total. The standard InChI is InChI=1S/C17H18ClNO5S/c1-3-24-13-8-10-14(11-9-13)25(21,22)19(12-17(20)23-2)16-7-5-4-6-15(16)18/h4-11H,3,12H2,1-2H3. The molecule has 0 saturated heterocycles. The van der Waals surface area contributed by atoms with Crippen LogP contribution in [0.3, 0.4) is 0 Å². The van der Waals surface area contributed by atoms with Crippen LogP contribution in [0, 0.1) is 0 Å². The van der Waals surface area contributed by atoms with Crippen molar-refractivity contribution in [2.45, 2.75) is 11.8 Å². The van der Waals surface area contributed by atoms with Crippen molar-refractivity contribution < 1.29 is 22.7 Å². The zero-order valence-corrected chi connectivity index (χ0v) is 15.4. The zero-order chi connectivity index (χ0) is 18.4. The SMILES string of the molecule is CCOc1ccc(S(=O)(=O)N(CC(=O)OC)c2ccccc2Cl)cc1. The van der Waals surface area contributed by atoms with Crippen LogP contribution in [0.5, 0.6) is 5.75 Å². The van der Waals surface area contributed by atoms with Gasteiger partial charge in [-0.3, -0.25) is 9.10 Å². The summed E-state index contributed by atoms with van der Waals surface area (Å²) in [6, 6.07) is 12.3. The number of rotatable bonds is 7. The number of halogens is 1. The maximum atomic E-state index is 13.0. The van der Waals surface area contributed by atoms with Crippen LogP contribution >= 0.6 is 11.6 Å². The molecule has 2 rings (SSSR count). The minimum atomic E-state index is -4.02. The molecule has 2 aromatic rings. The van der Waals surface area contributed by atoms with E-state index in [-0.39, 0.29) is 15.6 Å². The number of benzene rings is 2. The molecule has 0 aliphatic rings. The Hall–Kier alpha value is -2.25. The first kappa shape index (κ1) is 19.1. The van der Waals surface area contributed by atoms with Crippen molar-refractivity contribution in [3.05, 3.63) is 53.6 Å². The molecule has 0 atom stereocenters. The van der Waals surface area contributed by atoms with E-state index in [0.29, 0.717) is 12.4 Å². The number of anilines is 1. The van der Waals surface area contributed by atoms with Crippen LogP contribution < -0.4 is 9.04 Å². The summed E-state index contributed by atoms with van der Waals surface area (Å²) in [4.78, 5) is 11.7. The van der Waals surface area contributed by atoms with Crippen molar-refractivity contribution in [3.8, 4) is 5.75 Å². The molecule has 0 radical (unpaired) electrons. The summed E-state index contributed by atoms with van der Waals surface area (Å²) in [5, 5.41) is 0.209. The van der Waals surface area contributed by atoms with Crippen molar-refractivity contribution in [2.75, 3.05) is 24.6 Å². The molecular formula is C17H18ClNO5S. The summed E-state index contributed by atoms with van der Waals surface area (Å²) in [5.74, 6) is -0.145. The van der Waals surface area contributed by atoms with Crippen molar-refractivity contribution in [2.24, 2.45) is 0 Å². The lowest BCUT2D eigenvalue weighted by Gasteiger charge is -2.24. The molecule has 6 nitrogen and oxygen atoms in total. The molecule has 0 unspecified atom stereocenters. The smallest absolute Gasteiger partial charge is 0.326 e. The van der Waals surface area contributed by atoms with Gasteiger partial charge in [-0.2, -0.15) is 0 Å². The highest BCUT2D eigenvalue weighted by atomic mass is 35.5. The fourth-order valence-electron chi connectivity index (χ4n) is 2.14. The number of hydrogen-bond acceptors (Lipinski definition) is 5. The molecule has 2 aromatic carbocycles. The summed E-state index contributed by atoms with van der Waals surface area (Å²) in [7, 11) is -2.83. The molecule has 0 aliphatic carbocycles. The minimum Gasteiger partial charge on any atom is -0.494 e. The van der Waals surface area contributed by atoms with Crippen LogP contribution in [0.25, 0.3) is 0 Å². The van der Waals surface area contributed by atoms with Gasteiger partial charge >= 0.3 is 5.97 Å². The van der Waals surface area contributed by atoms with E-state index in [9.17, 15) is 13.2 Å². The summed E-state index contributed by atoms with van der Waals surface area (Å²) in [6.45, 7) is 1.82. The third-order valence-corrected chi connectivity index (χ3v) is 5.44. The molecule has 0 bridgehead atoms. The highest BCUT2D eigenvalue weighted by Crippen LogP contribution is 2.30. The van der Waals surface area contributed by atoms with Crippen molar-refractivity contribution in [1.82, 2.24) is 0 Å². The normalized spacial score (nSPS) is 11.0. The summed E-state index contributed by atoms with van der Waals surface area (Å²) >= 11 is 6.13. The fourth-order valence-corrected chi connectivity index (χ4v) is 3.85. The van der Waals surface area contributed by atoms with Crippen LogP contribution in [0.1, 0.15) is 6.92 Å². The van der Waals surface area contributed by atoms with Crippen LogP contribution in [-0.4, -0.2) is 34.6 Å². The number of nitrogens with zero attached hydrogens (tertiary/aromatic N) is 1. The van der Waals surface area contributed by atoms with E-state index in [1.807, 2.05) is 6.92 Å². The highest BCUT2D eigenvalue weighted by Gasteiger charge is 2.29. The fraction of sp³-hybridized carbons (Fsp3) is 0.235. The molecule has 0 heterocycles. The van der Waals surface area contributed by atoms with E-state index in [2.05, 4.69) is 4.74 Å². The van der Waals surface area contributed by atoms with E-state index in [4.69, 9.17) is 16.3 Å². The number of ether oxygens (including phenoxy) is 2. The predicted molar refractivity (Wildman–Crippen MR) is 95.6 cm³/mol. The summed E-state index contributed by atoms with van der Waals surface area (Å²) in [5.41, 5.74) is 0.198. The van der Waals surface area contributed by atoms with Crippen LogP contribution in [0.15, 0.2) is 53.4 Å². The quantitative estimate of drug-likeness (QED) is 0.687.